The van der Waals surface area contributed by atoms with E-state index in [4.69, 9.17) is 0 Å². The minimum absolute atomic E-state index is 0.167. The van der Waals surface area contributed by atoms with Crippen molar-refractivity contribution in [3.05, 3.63) is 18.0 Å². The van der Waals surface area contributed by atoms with Gasteiger partial charge in [0.05, 0.1) is 5.69 Å². The number of hydrogen-bond acceptors (Lipinski definition) is 2. The second kappa shape index (κ2) is 3.58. The van der Waals surface area contributed by atoms with E-state index in [1.54, 1.807) is 10.9 Å². The van der Waals surface area contributed by atoms with E-state index in [-0.39, 0.29) is 10.8 Å². The van der Waals surface area contributed by atoms with Crippen LogP contribution in [-0.2, 0) is 12.6 Å². The summed E-state index contributed by atoms with van der Waals surface area (Å²) >= 11 is 0. The van der Waals surface area contributed by atoms with E-state index in [1.807, 2.05) is 13.1 Å². The smallest absolute Gasteiger partial charge is 0.107 e. The van der Waals surface area contributed by atoms with Gasteiger partial charge in [0.2, 0.25) is 0 Å². The van der Waals surface area contributed by atoms with Gasteiger partial charge in [-0.2, -0.15) is 5.10 Å². The number of aryl methyl sites for hydroxylation is 1. The van der Waals surface area contributed by atoms with Gasteiger partial charge < -0.3 is 5.11 Å². The fourth-order valence-electron chi connectivity index (χ4n) is 4.08. The number of rotatable bonds is 1. The molecule has 0 aromatic carbocycles. The van der Waals surface area contributed by atoms with Crippen molar-refractivity contribution in [3.63, 3.8) is 0 Å². The molecule has 96 valence electrons. The molecule has 1 heterocycles. The first-order valence-electron chi connectivity index (χ1n) is 6.35. The van der Waals surface area contributed by atoms with E-state index in [0.717, 1.165) is 25.0 Å². The van der Waals surface area contributed by atoms with Crippen LogP contribution in [0.5, 0.6) is 0 Å². The van der Waals surface area contributed by atoms with Crippen LogP contribution in [0.1, 0.15) is 52.7 Å². The highest BCUT2D eigenvalue weighted by Gasteiger charge is 2.48. The molecule has 1 aliphatic carbocycles. The molecule has 1 fully saturated rings. The van der Waals surface area contributed by atoms with Gasteiger partial charge in [-0.3, -0.25) is 4.68 Å². The monoisotopic (exact) mass is 236 g/mol. The third kappa shape index (κ3) is 2.39. The van der Waals surface area contributed by atoms with Crippen molar-refractivity contribution in [2.45, 2.75) is 52.6 Å². The van der Waals surface area contributed by atoms with Crippen LogP contribution >= 0.6 is 0 Å². The number of aromatic nitrogens is 2. The van der Waals surface area contributed by atoms with Crippen molar-refractivity contribution in [2.24, 2.45) is 17.9 Å². The first-order chi connectivity index (χ1) is 7.64. The second-order valence-corrected chi connectivity index (χ2v) is 7.23. The van der Waals surface area contributed by atoms with Crippen molar-refractivity contribution in [1.82, 2.24) is 9.78 Å². The zero-order valence-corrected chi connectivity index (χ0v) is 11.6. The van der Waals surface area contributed by atoms with Gasteiger partial charge in [0.15, 0.2) is 0 Å². The van der Waals surface area contributed by atoms with E-state index < -0.39 is 5.60 Å². The maximum absolute atomic E-state index is 11.0. The lowest BCUT2D eigenvalue weighted by Gasteiger charge is -2.49. The Morgan fingerprint density at radius 2 is 1.65 bits per heavy atom. The van der Waals surface area contributed by atoms with Crippen molar-refractivity contribution in [1.29, 1.82) is 0 Å². The van der Waals surface area contributed by atoms with E-state index in [0.29, 0.717) is 0 Å². The molecule has 2 rings (SSSR count). The summed E-state index contributed by atoms with van der Waals surface area (Å²) in [5, 5.41) is 15.2. The molecule has 3 heteroatoms. The van der Waals surface area contributed by atoms with Gasteiger partial charge >= 0.3 is 0 Å². The minimum atomic E-state index is -0.740. The molecule has 3 nitrogen and oxygen atoms in total. The minimum Gasteiger partial charge on any atom is -0.384 e. The first kappa shape index (κ1) is 12.6. The van der Waals surface area contributed by atoms with E-state index in [9.17, 15) is 5.11 Å². The average Bonchev–Trinajstić information content (AvgIpc) is 2.44. The molecule has 0 radical (unpaired) electrons. The summed E-state index contributed by atoms with van der Waals surface area (Å²) in [6.07, 6.45) is 4.54. The SMILES string of the molecule is Cn1nccc1C1(O)CC(C)(C)CC(C)(C)C1. The number of aliphatic hydroxyl groups is 1. The summed E-state index contributed by atoms with van der Waals surface area (Å²) in [6, 6.07) is 1.94. The summed E-state index contributed by atoms with van der Waals surface area (Å²) < 4.78 is 1.80. The topological polar surface area (TPSA) is 38.0 Å². The summed E-state index contributed by atoms with van der Waals surface area (Å²) in [7, 11) is 1.90. The Hall–Kier alpha value is -0.830. The summed E-state index contributed by atoms with van der Waals surface area (Å²) in [5.41, 5.74) is 0.538. The van der Waals surface area contributed by atoms with Crippen LogP contribution in [0, 0.1) is 10.8 Å². The van der Waals surface area contributed by atoms with Crippen LogP contribution in [-0.4, -0.2) is 14.9 Å². The third-order valence-corrected chi connectivity index (χ3v) is 3.80. The zero-order chi connectivity index (χ0) is 12.9. The summed E-state index contributed by atoms with van der Waals surface area (Å²) in [6.45, 7) is 8.98. The van der Waals surface area contributed by atoms with Crippen molar-refractivity contribution in [3.8, 4) is 0 Å². The molecular weight excluding hydrogens is 212 g/mol. The quantitative estimate of drug-likeness (QED) is 0.814. The Balaban J connectivity index is 2.41. The van der Waals surface area contributed by atoms with Crippen LogP contribution in [0.3, 0.4) is 0 Å². The predicted octanol–water partition coefficient (Wildman–Crippen LogP) is 2.84. The predicted molar refractivity (Wildman–Crippen MR) is 68.5 cm³/mol. The molecule has 1 aromatic heterocycles. The summed E-state index contributed by atoms with van der Waals surface area (Å²) in [5.74, 6) is 0. The lowest BCUT2D eigenvalue weighted by molar-refractivity contribution is -0.0959. The Morgan fingerprint density at radius 3 is 2.06 bits per heavy atom. The molecule has 1 aliphatic rings. The summed E-state index contributed by atoms with van der Waals surface area (Å²) in [4.78, 5) is 0. The number of hydrogen-bond donors (Lipinski definition) is 1. The average molecular weight is 236 g/mol. The Morgan fingerprint density at radius 1 is 1.12 bits per heavy atom. The maximum atomic E-state index is 11.0. The van der Waals surface area contributed by atoms with Gasteiger partial charge in [-0.15, -0.1) is 0 Å². The lowest BCUT2D eigenvalue weighted by Crippen LogP contribution is -2.45. The Bertz CT molecular complexity index is 402. The highest BCUT2D eigenvalue weighted by atomic mass is 16.3. The Kier molecular flexibility index (Phi) is 2.66. The van der Waals surface area contributed by atoms with Gasteiger partial charge in [-0.05, 0) is 36.2 Å². The molecule has 0 amide bonds. The molecule has 1 aromatic rings. The van der Waals surface area contributed by atoms with Crippen molar-refractivity contribution < 1.29 is 5.11 Å². The Labute approximate surface area is 104 Å². The molecule has 1 saturated carbocycles. The second-order valence-electron chi connectivity index (χ2n) is 7.23. The van der Waals surface area contributed by atoms with Crippen LogP contribution in [0.2, 0.25) is 0 Å². The zero-order valence-electron chi connectivity index (χ0n) is 11.6. The molecule has 0 atom stereocenters. The van der Waals surface area contributed by atoms with Crippen molar-refractivity contribution >= 4 is 0 Å². The molecule has 17 heavy (non-hydrogen) atoms. The first-order valence-corrected chi connectivity index (χ1v) is 6.35. The fourth-order valence-corrected chi connectivity index (χ4v) is 4.08. The van der Waals surface area contributed by atoms with Gasteiger partial charge in [0.1, 0.15) is 5.60 Å². The largest absolute Gasteiger partial charge is 0.384 e. The molecule has 0 spiro atoms. The third-order valence-electron chi connectivity index (χ3n) is 3.80. The maximum Gasteiger partial charge on any atom is 0.107 e. The van der Waals surface area contributed by atoms with E-state index in [2.05, 4.69) is 32.8 Å². The van der Waals surface area contributed by atoms with Gasteiger partial charge in [-0.25, -0.2) is 0 Å². The lowest BCUT2D eigenvalue weighted by atomic mass is 9.59. The molecule has 0 aliphatic heterocycles. The van der Waals surface area contributed by atoms with Gasteiger partial charge in [0.25, 0.3) is 0 Å². The van der Waals surface area contributed by atoms with Gasteiger partial charge in [0, 0.05) is 13.2 Å². The van der Waals surface area contributed by atoms with Crippen molar-refractivity contribution in [2.75, 3.05) is 0 Å². The molecule has 0 saturated heterocycles. The highest BCUT2D eigenvalue weighted by Crippen LogP contribution is 2.53. The van der Waals surface area contributed by atoms with Crippen LogP contribution in [0.4, 0.5) is 0 Å². The van der Waals surface area contributed by atoms with E-state index in [1.165, 1.54) is 0 Å². The molecular formula is C14H24N2O. The van der Waals surface area contributed by atoms with E-state index >= 15 is 0 Å². The molecule has 0 bridgehead atoms. The standard InChI is InChI=1S/C14H24N2O/c1-12(2)8-13(3,4)10-14(17,9-12)11-6-7-15-16(11)5/h6-7,17H,8-10H2,1-5H3. The fraction of sp³-hybridized carbons (Fsp3) is 0.786. The van der Waals surface area contributed by atoms with Gasteiger partial charge in [-0.1, -0.05) is 27.7 Å². The number of nitrogens with zero attached hydrogens (tertiary/aromatic N) is 2. The molecule has 0 unspecified atom stereocenters. The van der Waals surface area contributed by atoms with Crippen LogP contribution < -0.4 is 0 Å². The normalized spacial score (nSPS) is 25.8. The van der Waals surface area contributed by atoms with Crippen LogP contribution in [0.25, 0.3) is 0 Å². The highest BCUT2D eigenvalue weighted by molar-refractivity contribution is 5.15. The van der Waals surface area contributed by atoms with Crippen LogP contribution in [0.15, 0.2) is 12.3 Å². The molecule has 1 N–H and O–H groups in total.